The first-order valence-corrected chi connectivity index (χ1v) is 9.71. The Morgan fingerprint density at radius 1 is 1.15 bits per heavy atom. The minimum absolute atomic E-state index is 0.137. The third kappa shape index (κ3) is 5.63. The smallest absolute Gasteiger partial charge is 0.237 e. The van der Waals surface area contributed by atoms with E-state index >= 15 is 0 Å². The first kappa shape index (κ1) is 19.5. The zero-order valence-corrected chi connectivity index (χ0v) is 16.3. The van der Waals surface area contributed by atoms with Crippen LogP contribution < -0.4 is 0 Å². The van der Waals surface area contributed by atoms with E-state index in [1.54, 1.807) is 16.8 Å². The number of hydrogen-bond acceptors (Lipinski definition) is 3. The summed E-state index contributed by atoms with van der Waals surface area (Å²) in [6.45, 7) is 1.60. The molecule has 27 heavy (non-hydrogen) atoms. The number of hydrogen-bond donors (Lipinski definition) is 0. The van der Waals surface area contributed by atoms with E-state index in [4.69, 9.17) is 0 Å². The summed E-state index contributed by atoms with van der Waals surface area (Å²) >= 11 is 0. The van der Waals surface area contributed by atoms with Gasteiger partial charge in [-0.05, 0) is 37.6 Å². The number of benzene rings is 1. The molecule has 0 bridgehead atoms. The SMILES string of the molecule is CN(CC(=O)N(Cc1ccc(F)cc1)C1CCCCC1)Cc1cnn(C)c1. The summed E-state index contributed by atoms with van der Waals surface area (Å²) in [4.78, 5) is 17.1. The molecule has 1 aromatic carbocycles. The second-order valence-electron chi connectivity index (χ2n) is 7.63. The molecule has 0 radical (unpaired) electrons. The lowest BCUT2D eigenvalue weighted by molar-refractivity contribution is -0.136. The van der Waals surface area contributed by atoms with Crippen LogP contribution in [0.5, 0.6) is 0 Å². The number of rotatable bonds is 7. The molecule has 0 saturated heterocycles. The molecule has 1 aliphatic rings. The summed E-state index contributed by atoms with van der Waals surface area (Å²) < 4.78 is 15.0. The maximum atomic E-state index is 13.2. The van der Waals surface area contributed by atoms with Crippen LogP contribution in [0.3, 0.4) is 0 Å². The van der Waals surface area contributed by atoms with Gasteiger partial charge in [0, 0.05) is 37.9 Å². The molecule has 0 spiro atoms. The van der Waals surface area contributed by atoms with Crippen LogP contribution in [0.2, 0.25) is 0 Å². The summed E-state index contributed by atoms with van der Waals surface area (Å²) in [5.74, 6) is -0.108. The van der Waals surface area contributed by atoms with Crippen LogP contribution in [-0.4, -0.2) is 45.1 Å². The molecule has 5 nitrogen and oxygen atoms in total. The topological polar surface area (TPSA) is 41.4 Å². The third-order valence-corrected chi connectivity index (χ3v) is 5.22. The first-order valence-electron chi connectivity index (χ1n) is 9.71. The molecular formula is C21H29FN4O. The molecule has 1 heterocycles. The van der Waals surface area contributed by atoms with E-state index in [-0.39, 0.29) is 17.8 Å². The summed E-state index contributed by atoms with van der Waals surface area (Å²) in [6.07, 6.45) is 9.50. The van der Waals surface area contributed by atoms with Crippen molar-refractivity contribution in [3.8, 4) is 0 Å². The van der Waals surface area contributed by atoms with Crippen molar-refractivity contribution in [2.24, 2.45) is 7.05 Å². The third-order valence-electron chi connectivity index (χ3n) is 5.22. The van der Waals surface area contributed by atoms with Gasteiger partial charge < -0.3 is 4.90 Å². The Labute approximate surface area is 160 Å². The summed E-state index contributed by atoms with van der Waals surface area (Å²) in [6, 6.07) is 6.76. The van der Waals surface area contributed by atoms with Crippen molar-refractivity contribution >= 4 is 5.91 Å². The number of amides is 1. The highest BCUT2D eigenvalue weighted by Gasteiger charge is 2.26. The van der Waals surface area contributed by atoms with E-state index in [2.05, 4.69) is 5.10 Å². The molecule has 3 rings (SSSR count). The van der Waals surface area contributed by atoms with Crippen molar-refractivity contribution in [2.45, 2.75) is 51.2 Å². The molecule has 0 N–H and O–H groups in total. The number of nitrogens with zero attached hydrogens (tertiary/aromatic N) is 4. The summed E-state index contributed by atoms with van der Waals surface area (Å²) in [5.41, 5.74) is 2.07. The van der Waals surface area contributed by atoms with Crippen molar-refractivity contribution in [1.29, 1.82) is 0 Å². The largest absolute Gasteiger partial charge is 0.334 e. The molecule has 6 heteroatoms. The average Bonchev–Trinajstić information content (AvgIpc) is 3.06. The predicted octanol–water partition coefficient (Wildman–Crippen LogP) is 3.35. The lowest BCUT2D eigenvalue weighted by Crippen LogP contribution is -2.45. The highest BCUT2D eigenvalue weighted by molar-refractivity contribution is 5.78. The number of aryl methyl sites for hydroxylation is 1. The van der Waals surface area contributed by atoms with E-state index in [0.29, 0.717) is 19.6 Å². The van der Waals surface area contributed by atoms with Crippen molar-refractivity contribution in [3.63, 3.8) is 0 Å². The molecule has 0 atom stereocenters. The van der Waals surface area contributed by atoms with Gasteiger partial charge in [0.25, 0.3) is 0 Å². The molecule has 146 valence electrons. The lowest BCUT2D eigenvalue weighted by atomic mass is 9.93. The molecule has 1 aliphatic carbocycles. The van der Waals surface area contributed by atoms with Gasteiger partial charge >= 0.3 is 0 Å². The van der Waals surface area contributed by atoms with Crippen LogP contribution in [0.15, 0.2) is 36.7 Å². The fourth-order valence-corrected chi connectivity index (χ4v) is 3.84. The van der Waals surface area contributed by atoms with Gasteiger partial charge in [-0.1, -0.05) is 31.4 Å². The second kappa shape index (κ2) is 9.13. The van der Waals surface area contributed by atoms with Gasteiger partial charge in [-0.25, -0.2) is 4.39 Å². The van der Waals surface area contributed by atoms with Gasteiger partial charge in [-0.2, -0.15) is 5.10 Å². The van der Waals surface area contributed by atoms with E-state index in [0.717, 1.165) is 24.0 Å². The van der Waals surface area contributed by atoms with Gasteiger partial charge in [0.05, 0.1) is 12.7 Å². The van der Waals surface area contributed by atoms with E-state index in [1.807, 2.05) is 36.3 Å². The lowest BCUT2D eigenvalue weighted by Gasteiger charge is -2.35. The van der Waals surface area contributed by atoms with Crippen molar-refractivity contribution < 1.29 is 9.18 Å². The number of likely N-dealkylation sites (N-methyl/N-ethyl adjacent to an activating group) is 1. The molecule has 1 saturated carbocycles. The number of carbonyl (C=O) groups is 1. The second-order valence-corrected chi connectivity index (χ2v) is 7.63. The number of carbonyl (C=O) groups excluding carboxylic acids is 1. The summed E-state index contributed by atoms with van der Waals surface area (Å²) in [5, 5.41) is 4.18. The predicted molar refractivity (Wildman–Crippen MR) is 103 cm³/mol. The van der Waals surface area contributed by atoms with Crippen molar-refractivity contribution in [2.75, 3.05) is 13.6 Å². The van der Waals surface area contributed by atoms with Crippen LogP contribution in [-0.2, 0) is 24.9 Å². The van der Waals surface area contributed by atoms with Crippen molar-refractivity contribution in [1.82, 2.24) is 19.6 Å². The zero-order valence-electron chi connectivity index (χ0n) is 16.3. The Hall–Kier alpha value is -2.21. The Morgan fingerprint density at radius 3 is 2.48 bits per heavy atom. The van der Waals surface area contributed by atoms with Gasteiger partial charge in [0.2, 0.25) is 5.91 Å². The van der Waals surface area contributed by atoms with Crippen LogP contribution in [0.4, 0.5) is 4.39 Å². The molecule has 2 aromatic rings. The molecule has 1 aromatic heterocycles. The standard InChI is InChI=1S/C21H29FN4O/c1-24(13-18-12-23-25(2)14-18)16-21(27)26(20-6-4-3-5-7-20)15-17-8-10-19(22)11-9-17/h8-12,14,20H,3-7,13,15-16H2,1-2H3. The maximum absolute atomic E-state index is 13.2. The Morgan fingerprint density at radius 2 is 1.85 bits per heavy atom. The van der Waals surface area contributed by atoms with Gasteiger partial charge in [-0.3, -0.25) is 14.4 Å². The minimum atomic E-state index is -0.245. The molecule has 1 amide bonds. The Bertz CT molecular complexity index is 737. The van der Waals surface area contributed by atoms with Gasteiger partial charge in [0.15, 0.2) is 0 Å². The fourth-order valence-electron chi connectivity index (χ4n) is 3.84. The fraction of sp³-hybridized carbons (Fsp3) is 0.524. The minimum Gasteiger partial charge on any atom is -0.334 e. The highest BCUT2D eigenvalue weighted by atomic mass is 19.1. The number of aromatic nitrogens is 2. The van der Waals surface area contributed by atoms with E-state index in [9.17, 15) is 9.18 Å². The van der Waals surface area contributed by atoms with Crippen LogP contribution >= 0.6 is 0 Å². The van der Waals surface area contributed by atoms with E-state index < -0.39 is 0 Å². The normalized spacial score (nSPS) is 15.3. The van der Waals surface area contributed by atoms with Crippen LogP contribution in [0.1, 0.15) is 43.2 Å². The molecule has 0 unspecified atom stereocenters. The quantitative estimate of drug-likeness (QED) is 0.748. The molecule has 1 fully saturated rings. The van der Waals surface area contributed by atoms with E-state index in [1.165, 1.54) is 31.4 Å². The monoisotopic (exact) mass is 372 g/mol. The van der Waals surface area contributed by atoms with Gasteiger partial charge in [-0.15, -0.1) is 0 Å². The average molecular weight is 372 g/mol. The summed E-state index contributed by atoms with van der Waals surface area (Å²) in [7, 11) is 3.85. The molecule has 0 aliphatic heterocycles. The molecular weight excluding hydrogens is 343 g/mol. The first-order chi connectivity index (χ1) is 13.0. The van der Waals surface area contributed by atoms with Crippen LogP contribution in [0, 0.1) is 5.82 Å². The Kier molecular flexibility index (Phi) is 6.61. The maximum Gasteiger partial charge on any atom is 0.237 e. The Balaban J connectivity index is 1.66. The highest BCUT2D eigenvalue weighted by Crippen LogP contribution is 2.24. The zero-order chi connectivity index (χ0) is 19.2. The number of halogens is 1. The van der Waals surface area contributed by atoms with Gasteiger partial charge in [0.1, 0.15) is 5.82 Å². The van der Waals surface area contributed by atoms with Crippen molar-refractivity contribution in [3.05, 3.63) is 53.6 Å². The van der Waals surface area contributed by atoms with Crippen LogP contribution in [0.25, 0.3) is 0 Å².